The number of ether oxygens (including phenoxy) is 1. The van der Waals surface area contributed by atoms with Crippen molar-refractivity contribution in [2.45, 2.75) is 12.8 Å². The Morgan fingerprint density at radius 3 is 3.00 bits per heavy atom. The lowest BCUT2D eigenvalue weighted by Gasteiger charge is -2.16. The van der Waals surface area contributed by atoms with E-state index in [2.05, 4.69) is 5.32 Å². The molecule has 1 aliphatic heterocycles. The van der Waals surface area contributed by atoms with Gasteiger partial charge in [-0.25, -0.2) is 0 Å². The molecule has 1 heterocycles. The van der Waals surface area contributed by atoms with Gasteiger partial charge in [0.05, 0.1) is 6.61 Å². The average Bonchev–Trinajstić information content (AvgIpc) is 3.31. The maximum absolute atomic E-state index is 11.8. The summed E-state index contributed by atoms with van der Waals surface area (Å²) in [6, 6.07) is 5.46. The lowest BCUT2D eigenvalue weighted by atomic mass is 10.1. The number of halogens is 1. The Morgan fingerprint density at radius 1 is 1.45 bits per heavy atom. The van der Waals surface area contributed by atoms with E-state index in [4.69, 9.17) is 16.3 Å². The Hall–Kier alpha value is -1.78. The van der Waals surface area contributed by atoms with Crippen LogP contribution in [0.4, 0.5) is 0 Å². The molecule has 4 nitrogen and oxygen atoms in total. The predicted octanol–water partition coefficient (Wildman–Crippen LogP) is 2.56. The fourth-order valence-electron chi connectivity index (χ4n) is 2.35. The highest BCUT2D eigenvalue weighted by Crippen LogP contribution is 2.44. The van der Waals surface area contributed by atoms with Gasteiger partial charge in [-0.15, -0.1) is 0 Å². The summed E-state index contributed by atoms with van der Waals surface area (Å²) in [4.78, 5) is 11.8. The Labute approximate surface area is 134 Å². The normalized spacial score (nSPS) is 18.4. The number of fused-ring (bicyclic) bond motifs is 1. The van der Waals surface area contributed by atoms with Crippen LogP contribution in [0.25, 0.3) is 6.08 Å². The van der Waals surface area contributed by atoms with E-state index in [-0.39, 0.29) is 17.9 Å². The van der Waals surface area contributed by atoms with Crippen LogP contribution in [0.15, 0.2) is 35.9 Å². The number of carbonyl (C=O) groups is 1. The molecule has 3 rings (SSSR count). The molecule has 0 unspecified atom stereocenters. The topological polar surface area (TPSA) is 58.6 Å². The molecule has 1 fully saturated rings. The lowest BCUT2D eigenvalue weighted by molar-refractivity contribution is -0.116. The zero-order valence-electron chi connectivity index (χ0n) is 12.1. The minimum absolute atomic E-state index is 0.0770. The highest BCUT2D eigenvalue weighted by Gasteiger charge is 2.41. The van der Waals surface area contributed by atoms with Crippen LogP contribution < -0.4 is 10.1 Å². The standard InChI is InChI=1S/C17H18ClNO3/c18-14-2-3-15-13(8-14)7-12(9-22-15)1-4-16(21)19-10-17(11-20)5-6-17/h1-4,7-8,20H,5-6,9-11H2,(H,19,21)/b4-1+. The second-order valence-corrected chi connectivity index (χ2v) is 6.34. The minimum Gasteiger partial charge on any atom is -0.488 e. The van der Waals surface area contributed by atoms with Gasteiger partial charge in [0.2, 0.25) is 5.91 Å². The first kappa shape index (κ1) is 15.1. The quantitative estimate of drug-likeness (QED) is 0.820. The van der Waals surface area contributed by atoms with Crippen molar-refractivity contribution in [1.82, 2.24) is 5.32 Å². The number of benzene rings is 1. The molecule has 0 saturated heterocycles. The van der Waals surface area contributed by atoms with Crippen LogP contribution in [0.3, 0.4) is 0 Å². The fraction of sp³-hybridized carbons (Fsp3) is 0.353. The first-order valence-corrected chi connectivity index (χ1v) is 7.68. The van der Waals surface area contributed by atoms with Gasteiger partial charge in [0, 0.05) is 28.6 Å². The van der Waals surface area contributed by atoms with Crippen LogP contribution in [0.1, 0.15) is 18.4 Å². The number of aliphatic hydroxyl groups is 1. The third-order valence-corrected chi connectivity index (χ3v) is 4.32. The molecule has 5 heteroatoms. The maximum atomic E-state index is 11.8. The summed E-state index contributed by atoms with van der Waals surface area (Å²) in [5.41, 5.74) is 1.75. The van der Waals surface area contributed by atoms with Gasteiger partial charge in [-0.05, 0) is 42.7 Å². The summed E-state index contributed by atoms with van der Waals surface area (Å²) in [6.07, 6.45) is 7.16. The molecule has 0 bridgehead atoms. The summed E-state index contributed by atoms with van der Waals surface area (Å²) in [7, 11) is 0. The number of rotatable bonds is 5. The Kier molecular flexibility index (Phi) is 4.23. The van der Waals surface area contributed by atoms with Crippen molar-refractivity contribution in [3.63, 3.8) is 0 Å². The molecule has 1 saturated carbocycles. The van der Waals surface area contributed by atoms with E-state index >= 15 is 0 Å². The highest BCUT2D eigenvalue weighted by molar-refractivity contribution is 6.30. The molecule has 0 aromatic heterocycles. The van der Waals surface area contributed by atoms with Crippen molar-refractivity contribution in [2.24, 2.45) is 5.41 Å². The van der Waals surface area contributed by atoms with Gasteiger partial charge in [0.15, 0.2) is 0 Å². The second kappa shape index (κ2) is 6.15. The first-order valence-electron chi connectivity index (χ1n) is 7.30. The lowest BCUT2D eigenvalue weighted by Crippen LogP contribution is -2.30. The monoisotopic (exact) mass is 319 g/mol. The molecular formula is C17H18ClNO3. The summed E-state index contributed by atoms with van der Waals surface area (Å²) < 4.78 is 5.62. The van der Waals surface area contributed by atoms with Gasteiger partial charge >= 0.3 is 0 Å². The van der Waals surface area contributed by atoms with Gasteiger partial charge in [-0.3, -0.25) is 4.79 Å². The Bertz CT molecular complexity index is 647. The van der Waals surface area contributed by atoms with Crippen molar-refractivity contribution in [3.05, 3.63) is 46.5 Å². The second-order valence-electron chi connectivity index (χ2n) is 5.90. The molecule has 0 radical (unpaired) electrons. The molecule has 1 aromatic rings. The van der Waals surface area contributed by atoms with E-state index in [1.54, 1.807) is 12.1 Å². The minimum atomic E-state index is -0.155. The first-order chi connectivity index (χ1) is 10.6. The van der Waals surface area contributed by atoms with Crippen molar-refractivity contribution in [1.29, 1.82) is 0 Å². The SMILES string of the molecule is O=C(/C=C/C1=Cc2cc(Cl)ccc2OC1)NCC1(CO)CC1. The molecule has 2 aliphatic rings. The molecule has 1 aromatic carbocycles. The van der Waals surface area contributed by atoms with Crippen molar-refractivity contribution < 1.29 is 14.6 Å². The molecule has 0 spiro atoms. The number of aliphatic hydroxyl groups excluding tert-OH is 1. The Morgan fingerprint density at radius 2 is 2.27 bits per heavy atom. The molecule has 22 heavy (non-hydrogen) atoms. The number of carbonyl (C=O) groups excluding carboxylic acids is 1. The average molecular weight is 320 g/mol. The number of amides is 1. The number of nitrogens with one attached hydrogen (secondary N) is 1. The van der Waals surface area contributed by atoms with Gasteiger partial charge < -0.3 is 15.2 Å². The van der Waals surface area contributed by atoms with E-state index < -0.39 is 0 Å². The van der Waals surface area contributed by atoms with E-state index in [0.717, 1.165) is 29.7 Å². The van der Waals surface area contributed by atoms with E-state index in [9.17, 15) is 9.90 Å². The van der Waals surface area contributed by atoms with E-state index in [0.29, 0.717) is 18.2 Å². The smallest absolute Gasteiger partial charge is 0.244 e. The van der Waals surface area contributed by atoms with Crippen LogP contribution >= 0.6 is 11.6 Å². The van der Waals surface area contributed by atoms with Crippen molar-refractivity contribution >= 4 is 23.6 Å². The summed E-state index contributed by atoms with van der Waals surface area (Å²) in [6.45, 7) is 1.09. The van der Waals surface area contributed by atoms with Gasteiger partial charge in [0.25, 0.3) is 0 Å². The van der Waals surface area contributed by atoms with Crippen molar-refractivity contribution in [3.8, 4) is 5.75 Å². The van der Waals surface area contributed by atoms with E-state index in [1.807, 2.05) is 18.2 Å². The largest absolute Gasteiger partial charge is 0.488 e. The fourth-order valence-corrected chi connectivity index (χ4v) is 2.53. The molecule has 116 valence electrons. The zero-order valence-corrected chi connectivity index (χ0v) is 12.9. The molecule has 1 aliphatic carbocycles. The van der Waals surface area contributed by atoms with Gasteiger partial charge in [-0.1, -0.05) is 17.7 Å². The van der Waals surface area contributed by atoms with Crippen LogP contribution in [-0.4, -0.2) is 30.8 Å². The maximum Gasteiger partial charge on any atom is 0.244 e. The van der Waals surface area contributed by atoms with Crippen LogP contribution in [0, 0.1) is 5.41 Å². The Balaban J connectivity index is 1.59. The summed E-state index contributed by atoms with van der Waals surface area (Å²) in [5.74, 6) is 0.641. The molecule has 1 amide bonds. The highest BCUT2D eigenvalue weighted by atomic mass is 35.5. The molecular weight excluding hydrogens is 302 g/mol. The third-order valence-electron chi connectivity index (χ3n) is 4.09. The molecule has 2 N–H and O–H groups in total. The number of hydrogen-bond acceptors (Lipinski definition) is 3. The van der Waals surface area contributed by atoms with Gasteiger partial charge in [0.1, 0.15) is 12.4 Å². The zero-order chi connectivity index (χ0) is 15.6. The van der Waals surface area contributed by atoms with Crippen LogP contribution in [-0.2, 0) is 4.79 Å². The predicted molar refractivity (Wildman–Crippen MR) is 85.8 cm³/mol. The van der Waals surface area contributed by atoms with Gasteiger partial charge in [-0.2, -0.15) is 0 Å². The third kappa shape index (κ3) is 3.51. The van der Waals surface area contributed by atoms with E-state index in [1.165, 1.54) is 6.08 Å². The summed E-state index contributed by atoms with van der Waals surface area (Å²) in [5, 5.41) is 12.7. The molecule has 0 atom stereocenters. The van der Waals surface area contributed by atoms with Crippen molar-refractivity contribution in [2.75, 3.05) is 19.8 Å². The number of hydrogen-bond donors (Lipinski definition) is 2. The van der Waals surface area contributed by atoms with Crippen LogP contribution in [0.5, 0.6) is 5.75 Å². The van der Waals surface area contributed by atoms with Crippen LogP contribution in [0.2, 0.25) is 5.02 Å². The summed E-state index contributed by atoms with van der Waals surface area (Å²) >= 11 is 5.97.